The van der Waals surface area contributed by atoms with Gasteiger partial charge in [0, 0.05) is 11.1 Å². The van der Waals surface area contributed by atoms with Crippen LogP contribution < -0.4 is 4.74 Å². The maximum atomic E-state index is 12.4. The van der Waals surface area contributed by atoms with Crippen molar-refractivity contribution >= 4 is 38.7 Å². The van der Waals surface area contributed by atoms with E-state index in [0.29, 0.717) is 16.7 Å². The van der Waals surface area contributed by atoms with Crippen molar-refractivity contribution < 1.29 is 19.4 Å². The summed E-state index contributed by atoms with van der Waals surface area (Å²) in [6.07, 6.45) is 3.88. The topological polar surface area (TPSA) is 63.6 Å². The summed E-state index contributed by atoms with van der Waals surface area (Å²) in [6.45, 7) is 3.74. The Morgan fingerprint density at radius 3 is 2.37 bits per heavy atom. The molecule has 3 aromatic rings. The van der Waals surface area contributed by atoms with Crippen LogP contribution in [0.4, 0.5) is 0 Å². The fourth-order valence-corrected chi connectivity index (χ4v) is 3.71. The largest absolute Gasteiger partial charge is 0.508 e. The number of carbonyl (C=O) groups is 2. The first-order valence-electron chi connectivity index (χ1n) is 8.62. The molecule has 0 bridgehead atoms. The van der Waals surface area contributed by atoms with E-state index in [1.807, 2.05) is 31.2 Å². The molecule has 0 heterocycles. The molecule has 0 atom stereocenters. The predicted octanol–water partition coefficient (Wildman–Crippen LogP) is 4.42. The molecule has 27 heavy (non-hydrogen) atoms. The van der Waals surface area contributed by atoms with Crippen LogP contribution in [0.3, 0.4) is 0 Å². The minimum atomic E-state index is -0.240. The normalized spacial score (nSPS) is 14.1. The number of carbonyl (C=O) groups excluding carboxylic acids is 2. The highest BCUT2D eigenvalue weighted by molar-refractivity contribution is 6.36. The van der Waals surface area contributed by atoms with Crippen LogP contribution in [-0.4, -0.2) is 23.8 Å². The Balaban J connectivity index is 2.11. The van der Waals surface area contributed by atoms with Crippen LogP contribution >= 0.6 is 0 Å². The van der Waals surface area contributed by atoms with Crippen molar-refractivity contribution in [1.29, 1.82) is 0 Å². The summed E-state index contributed by atoms with van der Waals surface area (Å²) in [6, 6.07) is 9.55. The molecule has 3 aromatic carbocycles. The fourth-order valence-electron chi connectivity index (χ4n) is 3.71. The Bertz CT molecular complexity index is 1210. The number of phenols is 1. The Labute approximate surface area is 156 Å². The third-order valence-corrected chi connectivity index (χ3v) is 5.17. The van der Waals surface area contributed by atoms with Gasteiger partial charge in [-0.2, -0.15) is 0 Å². The standard InChI is InChI=1S/C23H18O4/c1-12-17-9-15-10-21(26)13(2)23(19-11-16(24)5-6-20(19)25)18(15)8-14(17)4-7-22(12)27-3/h4-11,26H,1-3H3. The number of hydrogen-bond donors (Lipinski definition) is 1. The van der Waals surface area contributed by atoms with Crippen molar-refractivity contribution in [2.75, 3.05) is 7.11 Å². The number of methoxy groups -OCH3 is 1. The first-order valence-corrected chi connectivity index (χ1v) is 8.62. The van der Waals surface area contributed by atoms with Crippen LogP contribution in [0.25, 0.3) is 27.1 Å². The molecule has 0 fully saturated rings. The van der Waals surface area contributed by atoms with Gasteiger partial charge in [0.1, 0.15) is 11.5 Å². The first kappa shape index (κ1) is 17.0. The van der Waals surface area contributed by atoms with E-state index < -0.39 is 0 Å². The summed E-state index contributed by atoms with van der Waals surface area (Å²) < 4.78 is 5.40. The molecule has 0 saturated carbocycles. The summed E-state index contributed by atoms with van der Waals surface area (Å²) in [4.78, 5) is 24.3. The average Bonchev–Trinajstić information content (AvgIpc) is 2.65. The lowest BCUT2D eigenvalue weighted by Gasteiger charge is -2.17. The molecule has 0 amide bonds. The number of ketones is 2. The van der Waals surface area contributed by atoms with Gasteiger partial charge in [-0.15, -0.1) is 0 Å². The number of ether oxygens (including phenoxy) is 1. The second-order valence-corrected chi connectivity index (χ2v) is 6.74. The summed E-state index contributed by atoms with van der Waals surface area (Å²) in [5.74, 6) is 0.407. The molecule has 0 aliphatic heterocycles. The number of aromatic hydroxyl groups is 1. The summed E-state index contributed by atoms with van der Waals surface area (Å²) >= 11 is 0. The SMILES string of the molecule is COc1ccc2cc3c(C4=CC(=O)C=CC4=O)c(C)c(O)cc3cc2c1C. The minimum absolute atomic E-state index is 0.0908. The highest BCUT2D eigenvalue weighted by Crippen LogP contribution is 2.39. The summed E-state index contributed by atoms with van der Waals surface area (Å²) in [5, 5.41) is 14.1. The molecule has 1 N–H and O–H groups in total. The smallest absolute Gasteiger partial charge is 0.186 e. The van der Waals surface area contributed by atoms with E-state index in [1.54, 1.807) is 20.1 Å². The van der Waals surface area contributed by atoms with E-state index in [-0.39, 0.29) is 17.3 Å². The van der Waals surface area contributed by atoms with Gasteiger partial charge < -0.3 is 9.84 Å². The van der Waals surface area contributed by atoms with E-state index in [9.17, 15) is 14.7 Å². The van der Waals surface area contributed by atoms with Gasteiger partial charge in [0.25, 0.3) is 0 Å². The third kappa shape index (κ3) is 2.61. The number of phenolic OH excluding ortho intramolecular Hbond substituents is 1. The molecule has 1 aliphatic rings. The Kier molecular flexibility index (Phi) is 3.84. The zero-order chi connectivity index (χ0) is 19.3. The zero-order valence-electron chi connectivity index (χ0n) is 15.3. The molecule has 1 aliphatic carbocycles. The van der Waals surface area contributed by atoms with Gasteiger partial charge in [-0.05, 0) is 89.0 Å². The summed E-state index contributed by atoms with van der Waals surface area (Å²) in [5.41, 5.74) is 2.49. The minimum Gasteiger partial charge on any atom is -0.508 e. The van der Waals surface area contributed by atoms with Crippen LogP contribution in [-0.2, 0) is 9.59 Å². The maximum Gasteiger partial charge on any atom is 0.186 e. The van der Waals surface area contributed by atoms with Crippen molar-refractivity contribution in [1.82, 2.24) is 0 Å². The number of aryl methyl sites for hydroxylation is 1. The zero-order valence-corrected chi connectivity index (χ0v) is 15.3. The van der Waals surface area contributed by atoms with Crippen molar-refractivity contribution in [3.63, 3.8) is 0 Å². The van der Waals surface area contributed by atoms with Gasteiger partial charge in [-0.1, -0.05) is 6.07 Å². The highest BCUT2D eigenvalue weighted by Gasteiger charge is 2.21. The Morgan fingerprint density at radius 2 is 1.63 bits per heavy atom. The molecule has 4 nitrogen and oxygen atoms in total. The van der Waals surface area contributed by atoms with Gasteiger partial charge >= 0.3 is 0 Å². The van der Waals surface area contributed by atoms with Gasteiger partial charge in [0.2, 0.25) is 0 Å². The van der Waals surface area contributed by atoms with E-state index in [1.165, 1.54) is 18.2 Å². The molecule has 0 saturated heterocycles. The molecule has 4 heteroatoms. The average molecular weight is 358 g/mol. The molecule has 0 unspecified atom stereocenters. The molecule has 4 rings (SSSR count). The lowest BCUT2D eigenvalue weighted by atomic mass is 9.87. The molecule has 0 aromatic heterocycles. The number of rotatable bonds is 2. The van der Waals surface area contributed by atoms with E-state index in [0.717, 1.165) is 32.9 Å². The summed E-state index contributed by atoms with van der Waals surface area (Å²) in [7, 11) is 1.63. The molecular weight excluding hydrogens is 340 g/mol. The lowest BCUT2D eigenvalue weighted by molar-refractivity contribution is -0.113. The maximum absolute atomic E-state index is 12.4. The van der Waals surface area contributed by atoms with Gasteiger partial charge in [-0.25, -0.2) is 0 Å². The van der Waals surface area contributed by atoms with Gasteiger partial charge in [-0.3, -0.25) is 9.59 Å². The van der Waals surface area contributed by atoms with Gasteiger partial charge in [0.05, 0.1) is 7.11 Å². The van der Waals surface area contributed by atoms with Crippen LogP contribution in [0.15, 0.2) is 48.6 Å². The monoisotopic (exact) mass is 358 g/mol. The quantitative estimate of drug-likeness (QED) is 0.544. The third-order valence-electron chi connectivity index (χ3n) is 5.17. The number of hydrogen-bond acceptors (Lipinski definition) is 4. The fraction of sp³-hybridized carbons (Fsp3) is 0.130. The second kappa shape index (κ2) is 6.09. The molecule has 134 valence electrons. The number of fused-ring (bicyclic) bond motifs is 2. The van der Waals surface area contributed by atoms with Crippen molar-refractivity contribution in [2.45, 2.75) is 13.8 Å². The molecule has 0 radical (unpaired) electrons. The van der Waals surface area contributed by atoms with Crippen LogP contribution in [0.2, 0.25) is 0 Å². The molecular formula is C23H18O4. The molecule has 0 spiro atoms. The number of benzene rings is 3. The van der Waals surface area contributed by atoms with Crippen molar-refractivity contribution in [3.05, 3.63) is 65.3 Å². The lowest BCUT2D eigenvalue weighted by Crippen LogP contribution is -2.08. The predicted molar refractivity (Wildman–Crippen MR) is 106 cm³/mol. The van der Waals surface area contributed by atoms with Crippen LogP contribution in [0, 0.1) is 13.8 Å². The van der Waals surface area contributed by atoms with Gasteiger partial charge in [0.15, 0.2) is 11.6 Å². The number of allylic oxidation sites excluding steroid dienone is 4. The van der Waals surface area contributed by atoms with Crippen LogP contribution in [0.1, 0.15) is 16.7 Å². The first-order chi connectivity index (χ1) is 12.9. The van der Waals surface area contributed by atoms with E-state index >= 15 is 0 Å². The van der Waals surface area contributed by atoms with Crippen LogP contribution in [0.5, 0.6) is 11.5 Å². The van der Waals surface area contributed by atoms with Crippen molar-refractivity contribution in [2.24, 2.45) is 0 Å². The Hall–Kier alpha value is -3.40. The van der Waals surface area contributed by atoms with E-state index in [2.05, 4.69) is 0 Å². The van der Waals surface area contributed by atoms with E-state index in [4.69, 9.17) is 4.74 Å². The highest BCUT2D eigenvalue weighted by atomic mass is 16.5. The second-order valence-electron chi connectivity index (χ2n) is 6.74. The Morgan fingerprint density at radius 1 is 0.889 bits per heavy atom. The van der Waals surface area contributed by atoms with Crippen molar-refractivity contribution in [3.8, 4) is 11.5 Å².